The first kappa shape index (κ1) is 13.4. The van der Waals surface area contributed by atoms with Gasteiger partial charge in [0.2, 0.25) is 5.88 Å². The Kier molecular flexibility index (Phi) is 6.32. The highest BCUT2D eigenvalue weighted by Gasteiger charge is 2.09. The molecule has 1 aromatic heterocycles. The molecule has 6 heteroatoms. The van der Waals surface area contributed by atoms with Crippen molar-refractivity contribution in [1.29, 1.82) is 0 Å². The fourth-order valence-corrected chi connectivity index (χ4v) is 1.90. The molecule has 5 nitrogen and oxygen atoms in total. The number of ether oxygens (including phenoxy) is 2. The summed E-state index contributed by atoms with van der Waals surface area (Å²) in [6.07, 6.45) is 0. The average Bonchev–Trinajstić information content (AvgIpc) is 2.77. The van der Waals surface area contributed by atoms with Crippen LogP contribution >= 0.6 is 11.5 Å². The number of nitrogens with zero attached hydrogens (tertiary/aromatic N) is 1. The van der Waals surface area contributed by atoms with Gasteiger partial charge in [0.25, 0.3) is 0 Å². The van der Waals surface area contributed by atoms with Crippen molar-refractivity contribution in [2.45, 2.75) is 13.0 Å². The third-order valence-electron chi connectivity index (χ3n) is 2.08. The van der Waals surface area contributed by atoms with Gasteiger partial charge in [0, 0.05) is 23.5 Å². The van der Waals surface area contributed by atoms with Gasteiger partial charge in [0.05, 0.1) is 26.9 Å². The molecule has 1 aromatic rings. The number of rotatable bonds is 8. The van der Waals surface area contributed by atoms with Crippen molar-refractivity contribution in [2.24, 2.45) is 0 Å². The van der Waals surface area contributed by atoms with Gasteiger partial charge in [-0.05, 0) is 18.5 Å². The Labute approximate surface area is 99.6 Å². The van der Waals surface area contributed by atoms with Gasteiger partial charge in [-0.2, -0.15) is 4.37 Å². The summed E-state index contributed by atoms with van der Waals surface area (Å²) < 4.78 is 14.3. The van der Waals surface area contributed by atoms with Crippen LogP contribution in [0.25, 0.3) is 0 Å². The molecule has 0 aliphatic heterocycles. The summed E-state index contributed by atoms with van der Waals surface area (Å²) in [5, 5.41) is 11.8. The molecule has 0 spiro atoms. The quantitative estimate of drug-likeness (QED) is 0.665. The maximum Gasteiger partial charge on any atom is 0.225 e. The smallest absolute Gasteiger partial charge is 0.225 e. The molecule has 0 aliphatic rings. The van der Waals surface area contributed by atoms with Crippen molar-refractivity contribution in [3.63, 3.8) is 0 Å². The fraction of sp³-hybridized carbons (Fsp3) is 0.700. The van der Waals surface area contributed by atoms with Gasteiger partial charge >= 0.3 is 0 Å². The van der Waals surface area contributed by atoms with Gasteiger partial charge in [0.1, 0.15) is 0 Å². The molecule has 16 heavy (non-hydrogen) atoms. The van der Waals surface area contributed by atoms with Crippen molar-refractivity contribution < 1.29 is 14.6 Å². The highest BCUT2D eigenvalue weighted by Crippen LogP contribution is 2.22. The van der Waals surface area contributed by atoms with E-state index in [4.69, 9.17) is 14.6 Å². The van der Waals surface area contributed by atoms with Gasteiger partial charge in [-0.25, -0.2) is 0 Å². The van der Waals surface area contributed by atoms with E-state index in [1.165, 1.54) is 11.5 Å². The summed E-state index contributed by atoms with van der Waals surface area (Å²) in [4.78, 5) is 1.14. The standard InChI is InChI=1S/C10H18N2O3S/c1-8(11-3-5-15-6-4-13)9-7-10(14-2)12-16-9/h7-8,11,13H,3-6H2,1-2H3. The average molecular weight is 246 g/mol. The topological polar surface area (TPSA) is 63.6 Å². The molecule has 1 rings (SSSR count). The summed E-state index contributed by atoms with van der Waals surface area (Å²) >= 11 is 1.43. The molecule has 92 valence electrons. The number of aliphatic hydroxyl groups is 1. The second-order valence-corrected chi connectivity index (χ2v) is 4.12. The second-order valence-electron chi connectivity index (χ2n) is 3.28. The Morgan fingerprint density at radius 3 is 3.00 bits per heavy atom. The Bertz CT molecular complexity index is 293. The van der Waals surface area contributed by atoms with E-state index >= 15 is 0 Å². The first-order valence-electron chi connectivity index (χ1n) is 5.20. The van der Waals surface area contributed by atoms with Crippen LogP contribution < -0.4 is 10.1 Å². The number of hydrogen-bond donors (Lipinski definition) is 2. The van der Waals surface area contributed by atoms with Gasteiger partial charge in [-0.1, -0.05) is 0 Å². The third kappa shape index (κ3) is 4.44. The number of aliphatic hydroxyl groups excluding tert-OH is 1. The second kappa shape index (κ2) is 7.56. The first-order chi connectivity index (χ1) is 7.77. The predicted molar refractivity (Wildman–Crippen MR) is 63.0 cm³/mol. The lowest BCUT2D eigenvalue weighted by Crippen LogP contribution is -2.23. The van der Waals surface area contributed by atoms with Crippen LogP contribution in [0.4, 0.5) is 0 Å². The zero-order valence-electron chi connectivity index (χ0n) is 9.60. The molecule has 0 fully saturated rings. The van der Waals surface area contributed by atoms with Crippen molar-refractivity contribution in [3.8, 4) is 5.88 Å². The number of methoxy groups -OCH3 is 1. The summed E-state index contributed by atoms with van der Waals surface area (Å²) in [5.41, 5.74) is 0. The van der Waals surface area contributed by atoms with Crippen LogP contribution in [0.5, 0.6) is 5.88 Å². The Balaban J connectivity index is 2.21. The molecule has 0 aromatic carbocycles. The molecule has 1 heterocycles. The van der Waals surface area contributed by atoms with Crippen LogP contribution in [0.2, 0.25) is 0 Å². The van der Waals surface area contributed by atoms with E-state index in [2.05, 4.69) is 16.6 Å². The molecule has 1 atom stereocenters. The summed E-state index contributed by atoms with van der Waals surface area (Å²) in [7, 11) is 1.61. The van der Waals surface area contributed by atoms with Crippen LogP contribution in [-0.2, 0) is 4.74 Å². The van der Waals surface area contributed by atoms with E-state index in [9.17, 15) is 0 Å². The lowest BCUT2D eigenvalue weighted by Gasteiger charge is -2.11. The van der Waals surface area contributed by atoms with Crippen LogP contribution in [0.15, 0.2) is 6.07 Å². The zero-order valence-corrected chi connectivity index (χ0v) is 10.4. The van der Waals surface area contributed by atoms with Gasteiger partial charge in [-0.3, -0.25) is 0 Å². The van der Waals surface area contributed by atoms with E-state index < -0.39 is 0 Å². The minimum Gasteiger partial charge on any atom is -0.480 e. The number of hydrogen-bond acceptors (Lipinski definition) is 6. The highest BCUT2D eigenvalue weighted by molar-refractivity contribution is 7.06. The fourth-order valence-electron chi connectivity index (χ4n) is 1.19. The Morgan fingerprint density at radius 2 is 2.38 bits per heavy atom. The van der Waals surface area contributed by atoms with Crippen LogP contribution in [0.3, 0.4) is 0 Å². The lowest BCUT2D eigenvalue weighted by molar-refractivity contribution is 0.0929. The van der Waals surface area contributed by atoms with Gasteiger partial charge < -0.3 is 19.9 Å². The summed E-state index contributed by atoms with van der Waals surface area (Å²) in [6.45, 7) is 3.88. The molecular weight excluding hydrogens is 228 g/mol. The van der Waals surface area contributed by atoms with E-state index in [0.29, 0.717) is 19.1 Å². The maximum atomic E-state index is 8.52. The highest BCUT2D eigenvalue weighted by atomic mass is 32.1. The Hall–Kier alpha value is -0.690. The van der Waals surface area contributed by atoms with Crippen molar-refractivity contribution in [2.75, 3.05) is 33.5 Å². The summed E-state index contributed by atoms with van der Waals surface area (Å²) in [6, 6.07) is 2.16. The monoisotopic (exact) mass is 246 g/mol. The van der Waals surface area contributed by atoms with Crippen molar-refractivity contribution in [1.82, 2.24) is 9.69 Å². The molecule has 0 bridgehead atoms. The molecule has 0 saturated carbocycles. The molecule has 0 saturated heterocycles. The molecule has 0 aliphatic carbocycles. The molecule has 1 unspecified atom stereocenters. The Morgan fingerprint density at radius 1 is 1.56 bits per heavy atom. The lowest BCUT2D eigenvalue weighted by atomic mass is 10.3. The normalized spacial score (nSPS) is 12.7. The maximum absolute atomic E-state index is 8.52. The van der Waals surface area contributed by atoms with E-state index in [1.807, 2.05) is 6.07 Å². The molecule has 0 amide bonds. The molecule has 2 N–H and O–H groups in total. The minimum atomic E-state index is 0.0710. The van der Waals surface area contributed by atoms with E-state index in [0.717, 1.165) is 11.4 Å². The van der Waals surface area contributed by atoms with Crippen molar-refractivity contribution in [3.05, 3.63) is 10.9 Å². The third-order valence-corrected chi connectivity index (χ3v) is 3.03. The predicted octanol–water partition coefficient (Wildman–Crippen LogP) is 0.811. The largest absolute Gasteiger partial charge is 0.480 e. The van der Waals surface area contributed by atoms with Gasteiger partial charge in [0.15, 0.2) is 0 Å². The van der Waals surface area contributed by atoms with Crippen LogP contribution in [0.1, 0.15) is 17.8 Å². The number of aromatic nitrogens is 1. The van der Waals surface area contributed by atoms with Crippen molar-refractivity contribution >= 4 is 11.5 Å². The van der Waals surface area contributed by atoms with Crippen LogP contribution in [0, 0.1) is 0 Å². The van der Waals surface area contributed by atoms with Gasteiger partial charge in [-0.15, -0.1) is 0 Å². The molecule has 0 radical (unpaired) electrons. The van der Waals surface area contributed by atoms with E-state index in [-0.39, 0.29) is 12.6 Å². The summed E-state index contributed by atoms with van der Waals surface area (Å²) in [5.74, 6) is 0.658. The minimum absolute atomic E-state index is 0.0710. The zero-order chi connectivity index (χ0) is 11.8. The first-order valence-corrected chi connectivity index (χ1v) is 5.98. The SMILES string of the molecule is COc1cc(C(C)NCCOCCO)sn1. The van der Waals surface area contributed by atoms with E-state index in [1.54, 1.807) is 7.11 Å². The number of nitrogens with one attached hydrogen (secondary N) is 1. The van der Waals surface area contributed by atoms with Crippen LogP contribution in [-0.4, -0.2) is 43.0 Å². The molecular formula is C10H18N2O3S.